The molecule has 0 saturated carbocycles. The Morgan fingerprint density at radius 2 is 1.91 bits per heavy atom. The van der Waals surface area contributed by atoms with E-state index in [-0.39, 0.29) is 29.6 Å². The lowest BCUT2D eigenvalue weighted by molar-refractivity contribution is -0.140. The molecule has 0 saturated heterocycles. The summed E-state index contributed by atoms with van der Waals surface area (Å²) < 4.78 is 52.5. The van der Waals surface area contributed by atoms with Gasteiger partial charge < -0.3 is 14.0 Å². The first-order valence-corrected chi connectivity index (χ1v) is 10.3. The van der Waals surface area contributed by atoms with Crippen molar-refractivity contribution in [2.24, 2.45) is 0 Å². The monoisotopic (exact) mass is 477 g/mol. The third-order valence-electron chi connectivity index (χ3n) is 4.86. The van der Waals surface area contributed by atoms with Gasteiger partial charge in [-0.3, -0.25) is 0 Å². The minimum absolute atomic E-state index is 0.0272. The van der Waals surface area contributed by atoms with Crippen LogP contribution in [0.3, 0.4) is 0 Å². The Morgan fingerprint density at radius 3 is 2.61 bits per heavy atom. The van der Waals surface area contributed by atoms with E-state index in [0.717, 1.165) is 6.20 Å². The zero-order valence-corrected chi connectivity index (χ0v) is 18.6. The number of fused-ring (bicyclic) bond motifs is 1. The lowest BCUT2D eigenvalue weighted by atomic mass is 10.1. The lowest BCUT2D eigenvalue weighted by Gasteiger charge is -2.15. The summed E-state index contributed by atoms with van der Waals surface area (Å²) in [6, 6.07) is 8.29. The number of rotatable bonds is 6. The van der Waals surface area contributed by atoms with E-state index in [9.17, 15) is 13.2 Å². The maximum Gasteiger partial charge on any atom is 0.434 e. The Bertz CT molecular complexity index is 1310. The number of nitrogens with zero attached hydrogens (tertiary/aromatic N) is 5. The number of halogens is 4. The van der Waals surface area contributed by atoms with Gasteiger partial charge in [0, 0.05) is 18.4 Å². The molecule has 0 amide bonds. The molecule has 11 heteroatoms. The second kappa shape index (κ2) is 8.86. The number of hydrogen-bond donors (Lipinski definition) is 0. The molecular formula is C22H19ClF3N5O2. The van der Waals surface area contributed by atoms with Crippen LogP contribution in [0, 0.1) is 0 Å². The summed E-state index contributed by atoms with van der Waals surface area (Å²) in [6.07, 6.45) is -1.95. The predicted molar refractivity (Wildman–Crippen MR) is 116 cm³/mol. The molecule has 33 heavy (non-hydrogen) atoms. The zero-order chi connectivity index (χ0) is 23.8. The van der Waals surface area contributed by atoms with Crippen LogP contribution in [0.2, 0.25) is 5.28 Å². The molecule has 0 aliphatic rings. The predicted octanol–water partition coefficient (Wildman–Crippen LogP) is 5.73. The highest BCUT2D eigenvalue weighted by molar-refractivity contribution is 6.28. The smallest absolute Gasteiger partial charge is 0.434 e. The number of aromatic nitrogens is 5. The minimum Gasteiger partial charge on any atom is -0.496 e. The normalized spacial score (nSPS) is 11.9. The highest BCUT2D eigenvalue weighted by Crippen LogP contribution is 2.36. The second-order valence-corrected chi connectivity index (χ2v) is 7.78. The molecule has 0 N–H and O–H groups in total. The quantitative estimate of drug-likeness (QED) is 0.330. The van der Waals surface area contributed by atoms with Gasteiger partial charge in [0.25, 0.3) is 0 Å². The number of methoxy groups -OCH3 is 1. The summed E-state index contributed by atoms with van der Waals surface area (Å²) in [5.74, 6) is 0.749. The Hall–Kier alpha value is -3.40. The van der Waals surface area contributed by atoms with Gasteiger partial charge >= 0.3 is 6.18 Å². The average Bonchev–Trinajstić information content (AvgIpc) is 3.23. The molecule has 0 radical (unpaired) electrons. The van der Waals surface area contributed by atoms with Crippen molar-refractivity contribution in [1.29, 1.82) is 0 Å². The van der Waals surface area contributed by atoms with Crippen molar-refractivity contribution in [2.45, 2.75) is 32.7 Å². The van der Waals surface area contributed by atoms with Gasteiger partial charge in [0.2, 0.25) is 11.2 Å². The van der Waals surface area contributed by atoms with Gasteiger partial charge in [-0.2, -0.15) is 18.2 Å². The molecule has 0 fully saturated rings. The number of pyridine rings is 1. The van der Waals surface area contributed by atoms with Crippen molar-refractivity contribution in [3.8, 4) is 23.0 Å². The van der Waals surface area contributed by atoms with E-state index in [0.29, 0.717) is 27.9 Å². The van der Waals surface area contributed by atoms with Crippen LogP contribution in [0.1, 0.15) is 31.1 Å². The van der Waals surface area contributed by atoms with Crippen molar-refractivity contribution >= 4 is 22.6 Å². The van der Waals surface area contributed by atoms with Crippen molar-refractivity contribution in [1.82, 2.24) is 24.5 Å². The van der Waals surface area contributed by atoms with Crippen LogP contribution in [0.4, 0.5) is 13.2 Å². The third kappa shape index (κ3) is 4.70. The fourth-order valence-electron chi connectivity index (χ4n) is 3.30. The summed E-state index contributed by atoms with van der Waals surface area (Å²) in [5, 5.41) is 0.0272. The first-order valence-electron chi connectivity index (χ1n) is 9.91. The number of alkyl halides is 3. The van der Waals surface area contributed by atoms with E-state index in [1.807, 2.05) is 0 Å². The van der Waals surface area contributed by atoms with Gasteiger partial charge in [0.1, 0.15) is 18.2 Å². The van der Waals surface area contributed by atoms with Crippen molar-refractivity contribution in [3.05, 3.63) is 59.3 Å². The molecule has 1 aromatic carbocycles. The van der Waals surface area contributed by atoms with E-state index in [1.165, 1.54) is 11.7 Å². The van der Waals surface area contributed by atoms with Crippen LogP contribution in [0.15, 0.2) is 42.7 Å². The summed E-state index contributed by atoms with van der Waals surface area (Å²) in [7, 11) is 1.44. The molecule has 4 aromatic rings. The second-order valence-electron chi connectivity index (χ2n) is 7.44. The highest BCUT2D eigenvalue weighted by Gasteiger charge is 2.35. The Kier molecular flexibility index (Phi) is 6.11. The van der Waals surface area contributed by atoms with E-state index >= 15 is 0 Å². The van der Waals surface area contributed by atoms with E-state index in [1.54, 1.807) is 50.4 Å². The molecule has 3 heterocycles. The molecule has 0 bridgehead atoms. The van der Waals surface area contributed by atoms with Crippen LogP contribution in [0.25, 0.3) is 22.4 Å². The number of imidazole rings is 1. The Balaban J connectivity index is 1.66. The Labute approximate surface area is 192 Å². The van der Waals surface area contributed by atoms with Crippen LogP contribution in [0.5, 0.6) is 11.6 Å². The summed E-state index contributed by atoms with van der Waals surface area (Å²) in [6.45, 7) is 3.67. The van der Waals surface area contributed by atoms with Crippen molar-refractivity contribution in [3.63, 3.8) is 0 Å². The average molecular weight is 478 g/mol. The van der Waals surface area contributed by atoms with Gasteiger partial charge in [-0.1, -0.05) is 6.07 Å². The number of hydrogen-bond acceptors (Lipinski definition) is 6. The third-order valence-corrected chi connectivity index (χ3v) is 5.03. The molecular weight excluding hydrogens is 459 g/mol. The van der Waals surface area contributed by atoms with Crippen molar-refractivity contribution in [2.75, 3.05) is 7.11 Å². The molecule has 0 atom stereocenters. The number of ether oxygens (including phenoxy) is 2. The minimum atomic E-state index is -4.55. The summed E-state index contributed by atoms with van der Waals surface area (Å²) in [4.78, 5) is 16.3. The van der Waals surface area contributed by atoms with Crippen LogP contribution in [-0.4, -0.2) is 31.6 Å². The standard InChI is InChI=1S/C22H19ClF3N5O2/c1-12(2)31-10-17(22(24,25)26)29-19(31)14-7-6-13(9-16(14)32-3)11-33-20-18-15(5-4-8-27-18)28-21(23)30-20/h4-10,12H,11H2,1-3H3. The van der Waals surface area contributed by atoms with Gasteiger partial charge in [0.05, 0.1) is 18.2 Å². The Morgan fingerprint density at radius 1 is 1.12 bits per heavy atom. The summed E-state index contributed by atoms with van der Waals surface area (Å²) in [5.41, 5.74) is 1.18. The molecule has 4 rings (SSSR count). The maximum atomic E-state index is 13.3. The van der Waals surface area contributed by atoms with Gasteiger partial charge in [-0.25, -0.2) is 15.0 Å². The fraction of sp³-hybridized carbons (Fsp3) is 0.273. The maximum absolute atomic E-state index is 13.3. The SMILES string of the molecule is COc1cc(COc2nc(Cl)nc3cccnc23)ccc1-c1nc(C(F)(F)F)cn1C(C)C. The van der Waals surface area contributed by atoms with Crippen LogP contribution < -0.4 is 9.47 Å². The molecule has 3 aromatic heterocycles. The topological polar surface area (TPSA) is 75.0 Å². The molecule has 0 aliphatic heterocycles. The van der Waals surface area contributed by atoms with Gasteiger partial charge in [0.15, 0.2) is 11.2 Å². The van der Waals surface area contributed by atoms with E-state index in [4.69, 9.17) is 21.1 Å². The first-order chi connectivity index (χ1) is 15.7. The number of benzene rings is 1. The van der Waals surface area contributed by atoms with Gasteiger partial charge in [-0.15, -0.1) is 0 Å². The molecule has 0 aliphatic carbocycles. The highest BCUT2D eigenvalue weighted by atomic mass is 35.5. The molecule has 0 spiro atoms. The van der Waals surface area contributed by atoms with E-state index in [2.05, 4.69) is 19.9 Å². The molecule has 172 valence electrons. The molecule has 0 unspecified atom stereocenters. The van der Waals surface area contributed by atoms with Crippen molar-refractivity contribution < 1.29 is 22.6 Å². The van der Waals surface area contributed by atoms with Crippen LogP contribution >= 0.6 is 11.6 Å². The largest absolute Gasteiger partial charge is 0.496 e. The van der Waals surface area contributed by atoms with Crippen LogP contribution in [-0.2, 0) is 12.8 Å². The fourth-order valence-corrected chi connectivity index (χ4v) is 3.47. The van der Waals surface area contributed by atoms with Gasteiger partial charge in [-0.05, 0) is 55.3 Å². The first kappa shape index (κ1) is 22.8. The molecule has 7 nitrogen and oxygen atoms in total. The zero-order valence-electron chi connectivity index (χ0n) is 17.9. The lowest BCUT2D eigenvalue weighted by Crippen LogP contribution is -2.05. The van der Waals surface area contributed by atoms with E-state index < -0.39 is 11.9 Å². The summed E-state index contributed by atoms with van der Waals surface area (Å²) >= 11 is 5.98.